The van der Waals surface area contributed by atoms with E-state index in [0.717, 1.165) is 0 Å². The molecule has 0 unspecified atom stereocenters. The van der Waals surface area contributed by atoms with Crippen LogP contribution in [0.15, 0.2) is 45.5 Å². The summed E-state index contributed by atoms with van der Waals surface area (Å²) >= 11 is 1.32. The number of aromatic amines is 1. The summed E-state index contributed by atoms with van der Waals surface area (Å²) in [6, 6.07) is 6.41. The number of phenolic OH excluding ortho intramolecular Hbond substituents is 1. The number of rotatable bonds is 4. The Morgan fingerprint density at radius 2 is 2.04 bits per heavy atom. The largest absolute Gasteiger partial charge is 0.508 e. The Kier molecular flexibility index (Phi) is 5.03. The average Bonchev–Trinajstić information content (AvgIpc) is 2.61. The Labute approximate surface area is 154 Å². The highest BCUT2D eigenvalue weighted by atomic mass is 32.2. The van der Waals surface area contributed by atoms with Crippen molar-refractivity contribution in [3.05, 3.63) is 57.0 Å². The highest BCUT2D eigenvalue weighted by Gasteiger charge is 2.36. The highest BCUT2D eigenvalue weighted by Crippen LogP contribution is 2.40. The van der Waals surface area contributed by atoms with E-state index in [4.69, 9.17) is 4.74 Å². The van der Waals surface area contributed by atoms with Crippen LogP contribution in [0.25, 0.3) is 0 Å². The number of H-pyrrole nitrogens is 1. The van der Waals surface area contributed by atoms with Crippen molar-refractivity contribution in [2.24, 2.45) is 0 Å². The number of ether oxygens (including phenoxy) is 1. The van der Waals surface area contributed by atoms with Gasteiger partial charge >= 0.3 is 5.97 Å². The van der Waals surface area contributed by atoms with Crippen molar-refractivity contribution < 1.29 is 14.6 Å². The summed E-state index contributed by atoms with van der Waals surface area (Å²) in [5.74, 6) is -0.611. The maximum absolute atomic E-state index is 12.8. The third-order valence-corrected chi connectivity index (χ3v) is 4.72. The predicted octanol–water partition coefficient (Wildman–Crippen LogP) is 2.59. The van der Waals surface area contributed by atoms with Crippen molar-refractivity contribution in [3.63, 3.8) is 0 Å². The van der Waals surface area contributed by atoms with Gasteiger partial charge in [-0.3, -0.25) is 4.79 Å². The zero-order valence-corrected chi connectivity index (χ0v) is 15.4. The molecule has 136 valence electrons. The smallest absolute Gasteiger partial charge is 0.336 e. The van der Waals surface area contributed by atoms with E-state index in [2.05, 4.69) is 15.3 Å². The number of phenols is 1. The summed E-state index contributed by atoms with van der Waals surface area (Å²) in [6.45, 7) is 3.71. The number of hydrogen-bond acceptors (Lipinski definition) is 7. The van der Waals surface area contributed by atoms with E-state index in [1.807, 2.05) is 6.26 Å². The van der Waals surface area contributed by atoms with Gasteiger partial charge in [0.1, 0.15) is 11.6 Å². The molecule has 0 spiro atoms. The van der Waals surface area contributed by atoms with Crippen LogP contribution in [0, 0.1) is 0 Å². The summed E-state index contributed by atoms with van der Waals surface area (Å²) in [6.07, 6.45) is 1.82. The molecule has 8 heteroatoms. The van der Waals surface area contributed by atoms with E-state index in [-0.39, 0.29) is 17.9 Å². The first kappa shape index (κ1) is 18.1. The van der Waals surface area contributed by atoms with E-state index in [0.29, 0.717) is 33.4 Å². The minimum Gasteiger partial charge on any atom is -0.508 e. The molecule has 1 aliphatic heterocycles. The van der Waals surface area contributed by atoms with Gasteiger partial charge in [0.25, 0.3) is 5.56 Å². The second-order valence-corrected chi connectivity index (χ2v) is 6.54. The topological polar surface area (TPSA) is 104 Å². The number of esters is 1. The molecule has 1 atom stereocenters. The van der Waals surface area contributed by atoms with Gasteiger partial charge in [-0.1, -0.05) is 23.9 Å². The first-order valence-electron chi connectivity index (χ1n) is 8.08. The summed E-state index contributed by atoms with van der Waals surface area (Å²) < 4.78 is 5.20. The fourth-order valence-corrected chi connectivity index (χ4v) is 3.38. The lowest BCUT2D eigenvalue weighted by atomic mass is 9.82. The number of carbonyl (C=O) groups is 1. The number of benzene rings is 1. The summed E-state index contributed by atoms with van der Waals surface area (Å²) in [7, 11) is 0. The average molecular weight is 373 g/mol. The zero-order valence-electron chi connectivity index (χ0n) is 14.6. The highest BCUT2D eigenvalue weighted by molar-refractivity contribution is 7.98. The fourth-order valence-electron chi connectivity index (χ4n) is 3.01. The van der Waals surface area contributed by atoms with Gasteiger partial charge in [-0.25, -0.2) is 9.78 Å². The lowest BCUT2D eigenvalue weighted by Gasteiger charge is -2.28. The number of nitrogens with one attached hydrogen (secondary N) is 2. The van der Waals surface area contributed by atoms with Crippen LogP contribution in [0.3, 0.4) is 0 Å². The molecule has 1 aliphatic rings. The van der Waals surface area contributed by atoms with E-state index in [9.17, 15) is 14.7 Å². The number of aromatic nitrogens is 2. The van der Waals surface area contributed by atoms with Gasteiger partial charge in [-0.15, -0.1) is 0 Å². The van der Waals surface area contributed by atoms with Crippen molar-refractivity contribution in [2.75, 3.05) is 18.2 Å². The van der Waals surface area contributed by atoms with Crippen molar-refractivity contribution in [3.8, 4) is 5.75 Å². The first-order valence-corrected chi connectivity index (χ1v) is 9.30. The maximum Gasteiger partial charge on any atom is 0.336 e. The Morgan fingerprint density at radius 1 is 1.35 bits per heavy atom. The number of thioether (sulfide) groups is 1. The van der Waals surface area contributed by atoms with Crippen LogP contribution in [0.1, 0.15) is 30.9 Å². The first-order chi connectivity index (χ1) is 12.5. The van der Waals surface area contributed by atoms with Crippen LogP contribution in [0.2, 0.25) is 0 Å². The van der Waals surface area contributed by atoms with Crippen molar-refractivity contribution >= 4 is 23.5 Å². The van der Waals surface area contributed by atoms with Gasteiger partial charge in [0.2, 0.25) is 0 Å². The van der Waals surface area contributed by atoms with Crippen LogP contribution < -0.4 is 10.9 Å². The molecule has 1 aromatic heterocycles. The number of carbonyl (C=O) groups excluding carboxylic acids is 1. The van der Waals surface area contributed by atoms with E-state index in [1.54, 1.807) is 26.0 Å². The van der Waals surface area contributed by atoms with Crippen molar-refractivity contribution in [1.82, 2.24) is 9.97 Å². The third kappa shape index (κ3) is 3.20. The van der Waals surface area contributed by atoms with Gasteiger partial charge < -0.3 is 20.1 Å². The maximum atomic E-state index is 12.8. The number of allylic oxidation sites excluding steroid dienone is 1. The molecular formula is C18H19N3O4S. The molecule has 3 N–H and O–H groups in total. The number of aromatic hydroxyl groups is 1. The molecular weight excluding hydrogens is 354 g/mol. The van der Waals surface area contributed by atoms with Crippen LogP contribution in [0.5, 0.6) is 5.75 Å². The lowest BCUT2D eigenvalue weighted by Crippen LogP contribution is -2.31. The van der Waals surface area contributed by atoms with Gasteiger partial charge in [0.15, 0.2) is 5.16 Å². The molecule has 0 radical (unpaired) electrons. The summed E-state index contributed by atoms with van der Waals surface area (Å²) in [5.41, 5.74) is 1.66. The van der Waals surface area contributed by atoms with Crippen LogP contribution in [0.4, 0.5) is 5.82 Å². The quantitative estimate of drug-likeness (QED) is 0.430. The lowest BCUT2D eigenvalue weighted by molar-refractivity contribution is -0.138. The number of hydrogen-bond donors (Lipinski definition) is 3. The molecule has 26 heavy (non-hydrogen) atoms. The molecule has 0 amide bonds. The van der Waals surface area contributed by atoms with Crippen molar-refractivity contribution in [2.45, 2.75) is 24.9 Å². The zero-order chi connectivity index (χ0) is 18.8. The normalized spacial score (nSPS) is 16.0. The Bertz CT molecular complexity index is 934. The second-order valence-electron chi connectivity index (χ2n) is 5.75. The molecule has 2 aromatic rings. The Morgan fingerprint density at radius 3 is 2.65 bits per heavy atom. The van der Waals surface area contributed by atoms with E-state index < -0.39 is 11.9 Å². The van der Waals surface area contributed by atoms with Gasteiger partial charge in [-0.2, -0.15) is 0 Å². The fraction of sp³-hybridized carbons (Fsp3) is 0.278. The number of nitrogens with zero attached hydrogens (tertiary/aromatic N) is 1. The molecule has 0 saturated carbocycles. The Hall–Kier alpha value is -2.74. The molecule has 7 nitrogen and oxygen atoms in total. The Balaban J connectivity index is 2.25. The van der Waals surface area contributed by atoms with Gasteiger partial charge in [0, 0.05) is 5.70 Å². The molecule has 0 fully saturated rings. The van der Waals surface area contributed by atoms with Gasteiger partial charge in [0.05, 0.1) is 23.7 Å². The van der Waals surface area contributed by atoms with E-state index in [1.165, 1.54) is 23.9 Å². The summed E-state index contributed by atoms with van der Waals surface area (Å²) in [5, 5.41) is 13.1. The van der Waals surface area contributed by atoms with Crippen LogP contribution >= 0.6 is 11.8 Å². The minimum absolute atomic E-state index is 0.103. The minimum atomic E-state index is -0.641. The monoisotopic (exact) mass is 373 g/mol. The molecule has 2 heterocycles. The molecule has 1 aromatic carbocycles. The van der Waals surface area contributed by atoms with Crippen molar-refractivity contribution in [1.29, 1.82) is 0 Å². The van der Waals surface area contributed by atoms with Gasteiger partial charge in [-0.05, 0) is 37.8 Å². The number of anilines is 1. The molecule has 0 aliphatic carbocycles. The molecule has 0 bridgehead atoms. The standard InChI is InChI=1S/C18H19N3O4S/c1-4-25-17(24)12-9(2)19-15-14(16(23)21-18(20-15)26-3)13(12)10-5-7-11(22)8-6-10/h5-8,13,22H,4H2,1-3H3,(H2,19,20,21,23)/t13-/m0/s1. The summed E-state index contributed by atoms with van der Waals surface area (Å²) in [4.78, 5) is 32.5. The second kappa shape index (κ2) is 7.25. The van der Waals surface area contributed by atoms with Crippen LogP contribution in [-0.2, 0) is 9.53 Å². The van der Waals surface area contributed by atoms with Crippen LogP contribution in [-0.4, -0.2) is 33.9 Å². The molecule has 3 rings (SSSR count). The third-order valence-electron chi connectivity index (χ3n) is 4.14. The SMILES string of the molecule is CCOC(=O)C1=C(C)Nc2nc(SC)[nH]c(=O)c2[C@H]1c1ccc(O)cc1. The van der Waals surface area contributed by atoms with E-state index >= 15 is 0 Å². The number of fused-ring (bicyclic) bond motifs is 1. The molecule has 0 saturated heterocycles. The predicted molar refractivity (Wildman–Crippen MR) is 99.5 cm³/mol.